The Balaban J connectivity index is 1.67. The average Bonchev–Trinajstić information content (AvgIpc) is 2.82. The zero-order chi connectivity index (χ0) is 11.0. The van der Waals surface area contributed by atoms with Crippen molar-refractivity contribution in [3.8, 4) is 0 Å². The number of nitrogens with zero attached hydrogens (tertiary/aromatic N) is 1. The highest BCUT2D eigenvalue weighted by molar-refractivity contribution is 5.81. The molecule has 0 aromatic heterocycles. The number of carbonyl (C=O) groups excluding carboxylic acids is 1. The fourth-order valence-electron chi connectivity index (χ4n) is 3.23. The molecule has 0 unspecified atom stereocenters. The zero-order valence-electron chi connectivity index (χ0n) is 9.71. The van der Waals surface area contributed by atoms with Crippen LogP contribution in [0.2, 0.25) is 0 Å². The largest absolute Gasteiger partial charge is 0.381 e. The van der Waals surface area contributed by atoms with Gasteiger partial charge in [-0.15, -0.1) is 0 Å². The van der Waals surface area contributed by atoms with E-state index < -0.39 is 0 Å². The summed E-state index contributed by atoms with van der Waals surface area (Å²) in [6, 6.07) is 0. The molecule has 1 amide bonds. The van der Waals surface area contributed by atoms with Crippen molar-refractivity contribution in [3.05, 3.63) is 0 Å². The maximum Gasteiger partial charge on any atom is 0.228 e. The first-order valence-electron chi connectivity index (χ1n) is 6.42. The van der Waals surface area contributed by atoms with Gasteiger partial charge in [-0.25, -0.2) is 0 Å². The molecule has 3 aliphatic heterocycles. The molecule has 0 radical (unpaired) electrons. The molecule has 0 bridgehead atoms. The SMILES string of the molecule is O=C([C@@H]1CCOC1)N1CC[C@]12CCCNC2. The van der Waals surface area contributed by atoms with Crippen LogP contribution in [0.5, 0.6) is 0 Å². The summed E-state index contributed by atoms with van der Waals surface area (Å²) in [5.41, 5.74) is 0.165. The molecular weight excluding hydrogens is 204 g/mol. The second-order valence-corrected chi connectivity index (χ2v) is 5.31. The highest BCUT2D eigenvalue weighted by atomic mass is 16.5. The molecule has 3 saturated heterocycles. The van der Waals surface area contributed by atoms with E-state index in [-0.39, 0.29) is 11.5 Å². The highest BCUT2D eigenvalue weighted by Gasteiger charge is 2.49. The Morgan fingerprint density at radius 1 is 1.44 bits per heavy atom. The lowest BCUT2D eigenvalue weighted by molar-refractivity contribution is -0.153. The van der Waals surface area contributed by atoms with E-state index in [9.17, 15) is 4.79 Å². The van der Waals surface area contributed by atoms with Crippen LogP contribution in [-0.4, -0.2) is 49.2 Å². The molecule has 0 saturated carbocycles. The van der Waals surface area contributed by atoms with Gasteiger partial charge >= 0.3 is 0 Å². The summed E-state index contributed by atoms with van der Waals surface area (Å²) in [6.45, 7) is 4.45. The van der Waals surface area contributed by atoms with Crippen molar-refractivity contribution >= 4 is 5.91 Å². The minimum atomic E-state index is 0.138. The van der Waals surface area contributed by atoms with Crippen molar-refractivity contribution in [2.75, 3.05) is 32.8 Å². The van der Waals surface area contributed by atoms with Crippen LogP contribution in [0.1, 0.15) is 25.7 Å². The number of likely N-dealkylation sites (tertiary alicyclic amines) is 1. The molecule has 3 heterocycles. The van der Waals surface area contributed by atoms with E-state index in [4.69, 9.17) is 4.74 Å². The number of ether oxygens (including phenoxy) is 1. The minimum absolute atomic E-state index is 0.138. The van der Waals surface area contributed by atoms with Gasteiger partial charge in [-0.3, -0.25) is 4.79 Å². The van der Waals surface area contributed by atoms with E-state index in [2.05, 4.69) is 10.2 Å². The van der Waals surface area contributed by atoms with Gasteiger partial charge < -0.3 is 15.0 Å². The fraction of sp³-hybridized carbons (Fsp3) is 0.917. The lowest BCUT2D eigenvalue weighted by atomic mass is 9.77. The second-order valence-electron chi connectivity index (χ2n) is 5.31. The Bertz CT molecular complexity index is 281. The third-order valence-corrected chi connectivity index (χ3v) is 4.37. The molecule has 3 fully saturated rings. The predicted octanol–water partition coefficient (Wildman–Crippen LogP) is 0.377. The van der Waals surface area contributed by atoms with Gasteiger partial charge in [0.25, 0.3) is 0 Å². The van der Waals surface area contributed by atoms with Gasteiger partial charge in [0.05, 0.1) is 18.1 Å². The van der Waals surface area contributed by atoms with Crippen LogP contribution in [0.15, 0.2) is 0 Å². The van der Waals surface area contributed by atoms with E-state index in [1.54, 1.807) is 0 Å². The molecule has 2 atom stereocenters. The monoisotopic (exact) mass is 224 g/mol. The van der Waals surface area contributed by atoms with Crippen molar-refractivity contribution in [2.45, 2.75) is 31.2 Å². The van der Waals surface area contributed by atoms with Gasteiger partial charge in [-0.2, -0.15) is 0 Å². The fourth-order valence-corrected chi connectivity index (χ4v) is 3.23. The quantitative estimate of drug-likeness (QED) is 0.700. The molecule has 3 aliphatic rings. The molecule has 4 heteroatoms. The maximum absolute atomic E-state index is 12.3. The molecular formula is C12H20N2O2. The van der Waals surface area contributed by atoms with Crippen molar-refractivity contribution in [3.63, 3.8) is 0 Å². The Morgan fingerprint density at radius 3 is 2.94 bits per heavy atom. The summed E-state index contributed by atoms with van der Waals surface area (Å²) in [7, 11) is 0. The molecule has 0 aromatic rings. The standard InChI is InChI=1S/C12H20N2O2/c15-11(10-2-7-16-8-10)14-6-4-12(14)3-1-5-13-9-12/h10,13H,1-9H2/t10-,12+/m1/s1. The third kappa shape index (κ3) is 1.55. The van der Waals surface area contributed by atoms with Gasteiger partial charge in [0.2, 0.25) is 5.91 Å². The lowest BCUT2D eigenvalue weighted by Crippen LogP contribution is -2.68. The molecule has 0 aliphatic carbocycles. The van der Waals surface area contributed by atoms with E-state index in [0.717, 1.165) is 32.7 Å². The summed E-state index contributed by atoms with van der Waals surface area (Å²) in [4.78, 5) is 14.4. The van der Waals surface area contributed by atoms with Crippen LogP contribution >= 0.6 is 0 Å². The van der Waals surface area contributed by atoms with Crippen LogP contribution in [0, 0.1) is 5.92 Å². The van der Waals surface area contributed by atoms with E-state index in [0.29, 0.717) is 12.5 Å². The van der Waals surface area contributed by atoms with Gasteiger partial charge in [0.15, 0.2) is 0 Å². The van der Waals surface area contributed by atoms with Gasteiger partial charge in [0, 0.05) is 19.7 Å². The van der Waals surface area contributed by atoms with Crippen LogP contribution in [0.4, 0.5) is 0 Å². The number of amides is 1. The lowest BCUT2D eigenvalue weighted by Gasteiger charge is -2.55. The van der Waals surface area contributed by atoms with Crippen molar-refractivity contribution < 1.29 is 9.53 Å². The Kier molecular flexibility index (Phi) is 2.64. The summed E-state index contributed by atoms with van der Waals surface area (Å²) in [6.07, 6.45) is 4.47. The molecule has 1 N–H and O–H groups in total. The number of hydrogen-bond acceptors (Lipinski definition) is 3. The third-order valence-electron chi connectivity index (χ3n) is 4.37. The van der Waals surface area contributed by atoms with Crippen molar-refractivity contribution in [1.82, 2.24) is 10.2 Å². The van der Waals surface area contributed by atoms with Crippen molar-refractivity contribution in [1.29, 1.82) is 0 Å². The van der Waals surface area contributed by atoms with Crippen LogP contribution in [0.25, 0.3) is 0 Å². The summed E-state index contributed by atoms with van der Waals surface area (Å²) in [5.74, 6) is 0.478. The second kappa shape index (κ2) is 4.00. The first-order valence-corrected chi connectivity index (χ1v) is 6.42. The Hall–Kier alpha value is -0.610. The number of piperidine rings is 1. The van der Waals surface area contributed by atoms with Gasteiger partial charge in [-0.1, -0.05) is 0 Å². The van der Waals surface area contributed by atoms with Crippen LogP contribution in [0.3, 0.4) is 0 Å². The summed E-state index contributed by atoms with van der Waals surface area (Å²) >= 11 is 0. The smallest absolute Gasteiger partial charge is 0.228 e. The molecule has 90 valence electrons. The number of rotatable bonds is 1. The average molecular weight is 224 g/mol. The first kappa shape index (κ1) is 10.5. The number of carbonyl (C=O) groups is 1. The van der Waals surface area contributed by atoms with Crippen LogP contribution < -0.4 is 5.32 Å². The molecule has 3 rings (SSSR count). The van der Waals surface area contributed by atoms with Gasteiger partial charge in [0.1, 0.15) is 0 Å². The normalized spacial score (nSPS) is 38.8. The Labute approximate surface area is 96.3 Å². The van der Waals surface area contributed by atoms with Gasteiger partial charge in [-0.05, 0) is 32.2 Å². The molecule has 4 nitrogen and oxygen atoms in total. The number of hydrogen-bond donors (Lipinski definition) is 1. The van der Waals surface area contributed by atoms with Crippen LogP contribution in [-0.2, 0) is 9.53 Å². The number of nitrogens with one attached hydrogen (secondary N) is 1. The summed E-state index contributed by atoms with van der Waals surface area (Å²) in [5, 5.41) is 3.43. The van der Waals surface area contributed by atoms with E-state index >= 15 is 0 Å². The van der Waals surface area contributed by atoms with E-state index in [1.807, 2.05) is 0 Å². The van der Waals surface area contributed by atoms with E-state index in [1.165, 1.54) is 19.3 Å². The minimum Gasteiger partial charge on any atom is -0.381 e. The topological polar surface area (TPSA) is 41.6 Å². The summed E-state index contributed by atoms with van der Waals surface area (Å²) < 4.78 is 5.31. The zero-order valence-corrected chi connectivity index (χ0v) is 9.71. The maximum atomic E-state index is 12.3. The molecule has 16 heavy (non-hydrogen) atoms. The first-order chi connectivity index (χ1) is 7.82. The highest BCUT2D eigenvalue weighted by Crippen LogP contribution is 2.38. The predicted molar refractivity (Wildman–Crippen MR) is 60.1 cm³/mol. The molecule has 0 aromatic carbocycles. The Morgan fingerprint density at radius 2 is 2.38 bits per heavy atom. The van der Waals surface area contributed by atoms with Crippen molar-refractivity contribution in [2.24, 2.45) is 5.92 Å². The molecule has 1 spiro atoms.